The van der Waals surface area contributed by atoms with Crippen LogP contribution in [0.3, 0.4) is 0 Å². The van der Waals surface area contributed by atoms with Crippen LogP contribution in [0.1, 0.15) is 33.6 Å². The monoisotopic (exact) mass is 240 g/mol. The molecule has 2 N–H and O–H groups in total. The zero-order chi connectivity index (χ0) is 12.9. The topological polar surface area (TPSA) is 29.3 Å². The molecule has 0 rings (SSSR count). The third-order valence-corrected chi connectivity index (χ3v) is 2.75. The highest BCUT2D eigenvalue weighted by Gasteiger charge is 2.45. The molecular formula is C11H23F3N2. The summed E-state index contributed by atoms with van der Waals surface area (Å²) in [6.07, 6.45) is -3.17. The van der Waals surface area contributed by atoms with Crippen LogP contribution in [0.2, 0.25) is 0 Å². The summed E-state index contributed by atoms with van der Waals surface area (Å²) in [5.41, 5.74) is 5.55. The fourth-order valence-electron chi connectivity index (χ4n) is 1.64. The van der Waals surface area contributed by atoms with Crippen LogP contribution < -0.4 is 5.73 Å². The first kappa shape index (κ1) is 15.7. The first-order valence-corrected chi connectivity index (χ1v) is 5.72. The van der Waals surface area contributed by atoms with Gasteiger partial charge in [0.1, 0.15) is 6.04 Å². The van der Waals surface area contributed by atoms with E-state index >= 15 is 0 Å². The average Bonchev–Trinajstić information content (AvgIpc) is 2.12. The van der Waals surface area contributed by atoms with Gasteiger partial charge >= 0.3 is 6.18 Å². The summed E-state index contributed by atoms with van der Waals surface area (Å²) in [7, 11) is 1.50. The van der Waals surface area contributed by atoms with E-state index in [1.54, 1.807) is 6.92 Å². The molecule has 0 bridgehead atoms. The maximum Gasteiger partial charge on any atom is 0.405 e. The molecule has 0 aliphatic rings. The normalized spacial score (nSPS) is 16.9. The van der Waals surface area contributed by atoms with Gasteiger partial charge in [0, 0.05) is 6.04 Å². The van der Waals surface area contributed by atoms with E-state index < -0.39 is 18.3 Å². The summed E-state index contributed by atoms with van der Waals surface area (Å²) in [5, 5.41) is 0. The third kappa shape index (κ3) is 5.16. The van der Waals surface area contributed by atoms with Gasteiger partial charge in [-0.15, -0.1) is 0 Å². The minimum Gasteiger partial charge on any atom is -0.326 e. The Balaban J connectivity index is 4.51. The Labute approximate surface area is 96.0 Å². The number of hydrogen-bond acceptors (Lipinski definition) is 2. The van der Waals surface area contributed by atoms with E-state index in [0.717, 1.165) is 6.42 Å². The Bertz CT molecular complexity index is 192. The van der Waals surface area contributed by atoms with Crippen molar-refractivity contribution in [2.75, 3.05) is 13.6 Å². The van der Waals surface area contributed by atoms with Crippen LogP contribution in [0.4, 0.5) is 13.2 Å². The molecule has 0 fully saturated rings. The second-order valence-corrected chi connectivity index (χ2v) is 4.72. The van der Waals surface area contributed by atoms with Crippen LogP contribution >= 0.6 is 0 Å². The number of hydrogen-bond donors (Lipinski definition) is 1. The molecule has 2 unspecified atom stereocenters. The van der Waals surface area contributed by atoms with Crippen LogP contribution in [0.25, 0.3) is 0 Å². The lowest BCUT2D eigenvalue weighted by molar-refractivity contribution is -0.186. The maximum atomic E-state index is 12.8. The molecule has 0 radical (unpaired) electrons. The van der Waals surface area contributed by atoms with E-state index in [1.165, 1.54) is 11.9 Å². The lowest BCUT2D eigenvalue weighted by Gasteiger charge is -2.34. The summed E-state index contributed by atoms with van der Waals surface area (Å²) in [4.78, 5) is 1.33. The van der Waals surface area contributed by atoms with Crippen molar-refractivity contribution >= 4 is 0 Å². The zero-order valence-corrected chi connectivity index (χ0v) is 10.5. The van der Waals surface area contributed by atoms with Crippen molar-refractivity contribution in [3.8, 4) is 0 Å². The Hall–Kier alpha value is -0.290. The fourth-order valence-corrected chi connectivity index (χ4v) is 1.64. The summed E-state index contributed by atoms with van der Waals surface area (Å²) in [6, 6.07) is -2.38. The molecule has 0 aromatic rings. The molecule has 2 nitrogen and oxygen atoms in total. The molecule has 0 aliphatic carbocycles. The molecule has 0 saturated heterocycles. The van der Waals surface area contributed by atoms with Gasteiger partial charge < -0.3 is 5.73 Å². The molecule has 0 aromatic heterocycles. The summed E-state index contributed by atoms with van der Waals surface area (Å²) in [6.45, 7) is 6.10. The van der Waals surface area contributed by atoms with Crippen molar-refractivity contribution in [2.24, 2.45) is 11.7 Å². The quantitative estimate of drug-likeness (QED) is 0.773. The van der Waals surface area contributed by atoms with Crippen LogP contribution in [0.5, 0.6) is 0 Å². The largest absolute Gasteiger partial charge is 0.405 e. The van der Waals surface area contributed by atoms with Gasteiger partial charge in [0.15, 0.2) is 0 Å². The molecule has 0 aromatic carbocycles. The second kappa shape index (κ2) is 6.45. The van der Waals surface area contributed by atoms with Gasteiger partial charge in [0.05, 0.1) is 0 Å². The lowest BCUT2D eigenvalue weighted by atomic mass is 10.0. The fraction of sp³-hybridized carbons (Fsp3) is 1.00. The highest BCUT2D eigenvalue weighted by Crippen LogP contribution is 2.27. The van der Waals surface area contributed by atoms with Crippen molar-refractivity contribution < 1.29 is 13.2 Å². The zero-order valence-electron chi connectivity index (χ0n) is 10.5. The minimum atomic E-state index is -4.25. The molecule has 16 heavy (non-hydrogen) atoms. The van der Waals surface area contributed by atoms with Crippen molar-refractivity contribution in [1.29, 1.82) is 0 Å². The molecular weight excluding hydrogens is 217 g/mol. The van der Waals surface area contributed by atoms with Crippen molar-refractivity contribution in [3.63, 3.8) is 0 Å². The van der Waals surface area contributed by atoms with Gasteiger partial charge in [0.25, 0.3) is 0 Å². The Morgan fingerprint density at radius 1 is 1.25 bits per heavy atom. The van der Waals surface area contributed by atoms with Crippen LogP contribution in [0, 0.1) is 5.92 Å². The predicted octanol–water partition coefficient (Wildman–Crippen LogP) is 2.63. The second-order valence-electron chi connectivity index (χ2n) is 4.72. The minimum absolute atomic E-state index is 0.330. The third-order valence-electron chi connectivity index (χ3n) is 2.75. The van der Waals surface area contributed by atoms with E-state index in [0.29, 0.717) is 18.9 Å². The molecule has 5 heteroatoms. The molecule has 98 valence electrons. The first-order chi connectivity index (χ1) is 7.20. The molecule has 0 saturated carbocycles. The molecule has 0 heterocycles. The molecule has 0 spiro atoms. The first-order valence-electron chi connectivity index (χ1n) is 5.72. The predicted molar refractivity (Wildman–Crippen MR) is 60.2 cm³/mol. The van der Waals surface area contributed by atoms with E-state index in [4.69, 9.17) is 5.73 Å². The molecule has 0 aliphatic heterocycles. The average molecular weight is 240 g/mol. The van der Waals surface area contributed by atoms with Crippen LogP contribution in [-0.2, 0) is 0 Å². The smallest absolute Gasteiger partial charge is 0.326 e. The molecule has 0 amide bonds. The van der Waals surface area contributed by atoms with Crippen molar-refractivity contribution in [2.45, 2.75) is 51.9 Å². The lowest BCUT2D eigenvalue weighted by Crippen LogP contribution is -2.54. The Morgan fingerprint density at radius 3 is 2.06 bits per heavy atom. The van der Waals surface area contributed by atoms with Crippen LogP contribution in [0.15, 0.2) is 0 Å². The number of rotatable bonds is 6. The SMILES string of the molecule is CCC(N)C(N(C)CCC(C)C)C(F)(F)F. The van der Waals surface area contributed by atoms with Crippen LogP contribution in [-0.4, -0.2) is 36.8 Å². The van der Waals surface area contributed by atoms with Gasteiger partial charge in [-0.2, -0.15) is 13.2 Å². The highest BCUT2D eigenvalue weighted by molar-refractivity contribution is 4.86. The number of likely N-dealkylation sites (N-methyl/N-ethyl adjacent to an activating group) is 1. The highest BCUT2D eigenvalue weighted by atomic mass is 19.4. The Morgan fingerprint density at radius 2 is 1.75 bits per heavy atom. The van der Waals surface area contributed by atoms with Gasteiger partial charge in [-0.05, 0) is 32.4 Å². The summed E-state index contributed by atoms with van der Waals surface area (Å²) >= 11 is 0. The van der Waals surface area contributed by atoms with Gasteiger partial charge in [0.2, 0.25) is 0 Å². The van der Waals surface area contributed by atoms with E-state index in [2.05, 4.69) is 0 Å². The van der Waals surface area contributed by atoms with Crippen molar-refractivity contribution in [3.05, 3.63) is 0 Å². The number of nitrogens with zero attached hydrogens (tertiary/aromatic N) is 1. The number of halogens is 3. The molecule has 2 atom stereocenters. The van der Waals surface area contributed by atoms with E-state index in [1.807, 2.05) is 13.8 Å². The summed E-state index contributed by atoms with van der Waals surface area (Å²) in [5.74, 6) is 0.397. The van der Waals surface area contributed by atoms with Gasteiger partial charge in [-0.1, -0.05) is 20.8 Å². The van der Waals surface area contributed by atoms with E-state index in [-0.39, 0.29) is 0 Å². The summed E-state index contributed by atoms with van der Waals surface area (Å²) < 4.78 is 38.4. The van der Waals surface area contributed by atoms with E-state index in [9.17, 15) is 13.2 Å². The maximum absolute atomic E-state index is 12.8. The number of nitrogens with two attached hydrogens (primary N) is 1. The Kier molecular flexibility index (Phi) is 6.33. The standard InChI is InChI=1S/C11H23F3N2/c1-5-9(15)10(11(12,13)14)16(4)7-6-8(2)3/h8-10H,5-7,15H2,1-4H3. The van der Waals surface area contributed by atoms with Gasteiger partial charge in [-0.3, -0.25) is 4.90 Å². The number of alkyl halides is 3. The van der Waals surface area contributed by atoms with Crippen molar-refractivity contribution in [1.82, 2.24) is 4.90 Å². The van der Waals surface area contributed by atoms with Gasteiger partial charge in [-0.25, -0.2) is 0 Å².